The summed E-state index contributed by atoms with van der Waals surface area (Å²) in [5, 5.41) is 0. The van der Waals surface area contributed by atoms with E-state index in [2.05, 4.69) is 11.8 Å². The summed E-state index contributed by atoms with van der Waals surface area (Å²) in [6.45, 7) is 10.9. The number of thiophene rings is 1. The molecule has 2 aromatic rings. The molecule has 3 rings (SSSR count). The van der Waals surface area contributed by atoms with Gasteiger partial charge >= 0.3 is 0 Å². The quantitative estimate of drug-likeness (QED) is 0.654. The zero-order chi connectivity index (χ0) is 22.4. The van der Waals surface area contributed by atoms with Crippen LogP contribution in [0.2, 0.25) is 0 Å². The molecule has 1 aliphatic rings. The molecule has 6 nitrogen and oxygen atoms in total. The van der Waals surface area contributed by atoms with Crippen molar-refractivity contribution in [1.29, 1.82) is 0 Å². The summed E-state index contributed by atoms with van der Waals surface area (Å²) in [5.41, 5.74) is 2.18. The minimum Gasteiger partial charge on any atom is -0.497 e. The molecule has 7 heteroatoms. The molecule has 0 radical (unpaired) electrons. The second-order valence-electron chi connectivity index (χ2n) is 7.80. The van der Waals surface area contributed by atoms with Crippen LogP contribution < -0.4 is 4.74 Å². The lowest BCUT2D eigenvalue weighted by atomic mass is 10.1. The molecule has 1 saturated heterocycles. The fourth-order valence-electron chi connectivity index (χ4n) is 4.00. The fraction of sp³-hybridized carbons (Fsp3) is 0.500. The Morgan fingerprint density at radius 1 is 1.06 bits per heavy atom. The van der Waals surface area contributed by atoms with E-state index in [1.807, 2.05) is 54.0 Å². The third-order valence-corrected chi connectivity index (χ3v) is 6.92. The van der Waals surface area contributed by atoms with Crippen LogP contribution >= 0.6 is 11.3 Å². The van der Waals surface area contributed by atoms with E-state index in [0.29, 0.717) is 13.1 Å². The molecule has 0 N–H and O–H groups in total. The lowest BCUT2D eigenvalue weighted by Gasteiger charge is -2.25. The van der Waals surface area contributed by atoms with Gasteiger partial charge in [-0.25, -0.2) is 0 Å². The zero-order valence-corrected chi connectivity index (χ0v) is 19.8. The summed E-state index contributed by atoms with van der Waals surface area (Å²) in [4.78, 5) is 33.5. The van der Waals surface area contributed by atoms with Crippen LogP contribution in [0.4, 0.5) is 0 Å². The molecule has 0 bridgehead atoms. The van der Waals surface area contributed by atoms with E-state index < -0.39 is 0 Å². The standard InChI is InChI=1S/C24H33N3O3S/c1-5-26(6-2)23(28)17-25-12-7-13-27(15-14-25)24(29)22-16-21(18(3)31-22)19-8-10-20(30-4)11-9-19/h8-11,16H,5-7,12-15,17H2,1-4H3. The summed E-state index contributed by atoms with van der Waals surface area (Å²) in [5.74, 6) is 1.08. The van der Waals surface area contributed by atoms with E-state index in [9.17, 15) is 9.59 Å². The number of ether oxygens (including phenoxy) is 1. The molecule has 0 spiro atoms. The van der Waals surface area contributed by atoms with Crippen LogP contribution in [0.15, 0.2) is 30.3 Å². The van der Waals surface area contributed by atoms with Gasteiger partial charge in [0.25, 0.3) is 5.91 Å². The van der Waals surface area contributed by atoms with E-state index in [4.69, 9.17) is 4.74 Å². The largest absolute Gasteiger partial charge is 0.497 e. The number of nitrogens with zero attached hydrogens (tertiary/aromatic N) is 3. The Balaban J connectivity index is 1.64. The van der Waals surface area contributed by atoms with Crippen molar-refractivity contribution in [3.63, 3.8) is 0 Å². The van der Waals surface area contributed by atoms with Gasteiger partial charge in [0.05, 0.1) is 18.5 Å². The van der Waals surface area contributed by atoms with Crippen molar-refractivity contribution in [2.24, 2.45) is 0 Å². The van der Waals surface area contributed by atoms with Crippen LogP contribution in [0.5, 0.6) is 5.75 Å². The van der Waals surface area contributed by atoms with Crippen LogP contribution in [0.1, 0.15) is 34.8 Å². The van der Waals surface area contributed by atoms with Crippen molar-refractivity contribution in [3.05, 3.63) is 40.1 Å². The molecular weight excluding hydrogens is 410 g/mol. The average molecular weight is 444 g/mol. The van der Waals surface area contributed by atoms with Crippen molar-refractivity contribution in [2.45, 2.75) is 27.2 Å². The van der Waals surface area contributed by atoms with E-state index in [1.54, 1.807) is 18.4 Å². The van der Waals surface area contributed by atoms with Gasteiger partial charge in [-0.15, -0.1) is 11.3 Å². The first kappa shape index (κ1) is 23.3. The van der Waals surface area contributed by atoms with Crippen molar-refractivity contribution in [2.75, 3.05) is 52.9 Å². The van der Waals surface area contributed by atoms with Crippen LogP contribution in [0.3, 0.4) is 0 Å². The topological polar surface area (TPSA) is 53.1 Å². The molecule has 1 aromatic carbocycles. The molecule has 0 aliphatic carbocycles. The predicted molar refractivity (Wildman–Crippen MR) is 126 cm³/mol. The maximum Gasteiger partial charge on any atom is 0.263 e. The molecule has 0 unspecified atom stereocenters. The maximum absolute atomic E-state index is 13.2. The van der Waals surface area contributed by atoms with E-state index >= 15 is 0 Å². The number of carbonyl (C=O) groups is 2. The Bertz CT molecular complexity index is 890. The molecule has 0 atom stereocenters. The van der Waals surface area contributed by atoms with Gasteiger partial charge in [-0.3, -0.25) is 14.5 Å². The highest BCUT2D eigenvalue weighted by molar-refractivity contribution is 7.14. The number of aryl methyl sites for hydroxylation is 1. The highest BCUT2D eigenvalue weighted by atomic mass is 32.1. The Morgan fingerprint density at radius 2 is 1.77 bits per heavy atom. The first-order chi connectivity index (χ1) is 15.0. The normalized spacial score (nSPS) is 14.9. The van der Waals surface area contributed by atoms with Crippen molar-refractivity contribution >= 4 is 23.2 Å². The van der Waals surface area contributed by atoms with Crippen LogP contribution in [0.25, 0.3) is 11.1 Å². The number of hydrogen-bond donors (Lipinski definition) is 0. The van der Waals surface area contributed by atoms with Crippen LogP contribution in [0, 0.1) is 6.92 Å². The SMILES string of the molecule is CCN(CC)C(=O)CN1CCCN(C(=O)c2cc(-c3ccc(OC)cc3)c(C)s2)CC1. The smallest absolute Gasteiger partial charge is 0.263 e. The molecule has 1 aliphatic heterocycles. The minimum atomic E-state index is 0.0878. The van der Waals surface area contributed by atoms with Gasteiger partial charge < -0.3 is 14.5 Å². The third-order valence-electron chi connectivity index (χ3n) is 5.88. The van der Waals surface area contributed by atoms with Gasteiger partial charge in [0.15, 0.2) is 0 Å². The highest BCUT2D eigenvalue weighted by Gasteiger charge is 2.24. The summed E-state index contributed by atoms with van der Waals surface area (Å²) < 4.78 is 5.24. The molecular formula is C24H33N3O3S. The third kappa shape index (κ3) is 5.66. The maximum atomic E-state index is 13.2. The second-order valence-corrected chi connectivity index (χ2v) is 9.05. The van der Waals surface area contributed by atoms with Gasteiger partial charge in [-0.1, -0.05) is 12.1 Å². The number of methoxy groups -OCH3 is 1. The van der Waals surface area contributed by atoms with Gasteiger partial charge in [-0.05, 0) is 56.5 Å². The van der Waals surface area contributed by atoms with E-state index in [-0.39, 0.29) is 11.8 Å². The Morgan fingerprint density at radius 3 is 2.42 bits per heavy atom. The second kappa shape index (κ2) is 10.8. The summed E-state index contributed by atoms with van der Waals surface area (Å²) in [6, 6.07) is 9.95. The molecule has 0 saturated carbocycles. The molecule has 168 valence electrons. The van der Waals surface area contributed by atoms with Crippen LogP contribution in [-0.2, 0) is 4.79 Å². The number of amides is 2. The number of hydrogen-bond acceptors (Lipinski definition) is 5. The lowest BCUT2D eigenvalue weighted by molar-refractivity contribution is -0.132. The molecule has 31 heavy (non-hydrogen) atoms. The number of carbonyl (C=O) groups excluding carboxylic acids is 2. The Labute approximate surface area is 189 Å². The van der Waals surface area contributed by atoms with E-state index in [1.165, 1.54) is 0 Å². The van der Waals surface area contributed by atoms with Gasteiger partial charge in [0.2, 0.25) is 5.91 Å². The number of rotatable bonds is 7. The van der Waals surface area contributed by atoms with Gasteiger partial charge in [-0.2, -0.15) is 0 Å². The molecule has 2 amide bonds. The van der Waals surface area contributed by atoms with Crippen LogP contribution in [-0.4, -0.2) is 79.4 Å². The highest BCUT2D eigenvalue weighted by Crippen LogP contribution is 2.32. The molecule has 1 aromatic heterocycles. The Kier molecular flexibility index (Phi) is 8.09. The predicted octanol–water partition coefficient (Wildman–Crippen LogP) is 3.75. The van der Waals surface area contributed by atoms with Crippen molar-refractivity contribution in [1.82, 2.24) is 14.7 Å². The summed E-state index contributed by atoms with van der Waals surface area (Å²) in [7, 11) is 1.66. The van der Waals surface area contributed by atoms with Gasteiger partial charge in [0.1, 0.15) is 5.75 Å². The fourth-order valence-corrected chi connectivity index (χ4v) is 5.01. The molecule has 2 heterocycles. The number of benzene rings is 1. The number of likely N-dealkylation sites (N-methyl/N-ethyl adjacent to an activating group) is 1. The molecule has 1 fully saturated rings. The minimum absolute atomic E-state index is 0.0878. The summed E-state index contributed by atoms with van der Waals surface area (Å²) >= 11 is 1.55. The van der Waals surface area contributed by atoms with E-state index in [0.717, 1.165) is 65.8 Å². The van der Waals surface area contributed by atoms with Crippen molar-refractivity contribution < 1.29 is 14.3 Å². The monoisotopic (exact) mass is 443 g/mol. The Hall–Kier alpha value is -2.38. The lowest BCUT2D eigenvalue weighted by Crippen LogP contribution is -2.42. The first-order valence-electron chi connectivity index (χ1n) is 11.0. The van der Waals surface area contributed by atoms with Gasteiger partial charge in [0, 0.05) is 44.1 Å². The first-order valence-corrected chi connectivity index (χ1v) is 11.8. The average Bonchev–Trinajstić information content (AvgIpc) is 3.02. The van der Waals surface area contributed by atoms with Crippen molar-refractivity contribution in [3.8, 4) is 16.9 Å². The zero-order valence-electron chi connectivity index (χ0n) is 19.0. The summed E-state index contributed by atoms with van der Waals surface area (Å²) in [6.07, 6.45) is 0.882.